The average molecular weight is 266 g/mol. The maximum atomic E-state index is 10.4. The quantitative estimate of drug-likeness (QED) is 0.755. The van der Waals surface area contributed by atoms with Crippen molar-refractivity contribution < 1.29 is 19.4 Å². The second-order valence-electron chi connectivity index (χ2n) is 4.40. The Kier molecular flexibility index (Phi) is 4.59. The van der Waals surface area contributed by atoms with Crippen molar-refractivity contribution >= 4 is 17.9 Å². The number of hydrogen-bond acceptors (Lipinski definition) is 5. The minimum absolute atomic E-state index is 0.185. The molecular formula is C13H18N2O4. The number of anilines is 1. The zero-order chi connectivity index (χ0) is 13.7. The Labute approximate surface area is 111 Å². The topological polar surface area (TPSA) is 77.2 Å². The van der Waals surface area contributed by atoms with E-state index >= 15 is 0 Å². The van der Waals surface area contributed by atoms with E-state index in [2.05, 4.69) is 9.80 Å². The van der Waals surface area contributed by atoms with Crippen LogP contribution in [-0.2, 0) is 4.79 Å². The molecule has 0 saturated carbocycles. The Morgan fingerprint density at radius 3 is 2.68 bits per heavy atom. The van der Waals surface area contributed by atoms with Gasteiger partial charge >= 0.3 is 5.97 Å². The summed E-state index contributed by atoms with van der Waals surface area (Å²) in [4.78, 5) is 14.7. The Balaban J connectivity index is 1.91. The molecule has 0 atom stereocenters. The molecular weight excluding hydrogens is 248 g/mol. The first-order valence-corrected chi connectivity index (χ1v) is 6.28. The van der Waals surface area contributed by atoms with Gasteiger partial charge in [0.2, 0.25) is 0 Å². The van der Waals surface area contributed by atoms with E-state index < -0.39 is 5.97 Å². The normalized spacial score (nSPS) is 17.2. The summed E-state index contributed by atoms with van der Waals surface area (Å²) in [5.41, 5.74) is 0. The lowest BCUT2D eigenvalue weighted by atomic mass is 10.3. The molecule has 0 spiro atoms. The van der Waals surface area contributed by atoms with Gasteiger partial charge in [-0.1, -0.05) is 0 Å². The van der Waals surface area contributed by atoms with E-state index in [1.807, 2.05) is 6.07 Å². The number of carbonyl (C=O) groups is 1. The summed E-state index contributed by atoms with van der Waals surface area (Å²) in [6.07, 6.45) is 2.50. The summed E-state index contributed by atoms with van der Waals surface area (Å²) < 4.78 is 5.58. The molecule has 2 N–H and O–H groups in total. The molecule has 1 saturated heterocycles. The summed E-state index contributed by atoms with van der Waals surface area (Å²) in [6, 6.07) is 3.61. The number of aliphatic carboxylic acids is 1. The van der Waals surface area contributed by atoms with Gasteiger partial charge in [-0.25, -0.2) is 4.79 Å². The number of aliphatic hydroxyl groups excluding tert-OH is 1. The number of aliphatic hydroxyl groups is 1. The van der Waals surface area contributed by atoms with Crippen molar-refractivity contribution in [3.63, 3.8) is 0 Å². The highest BCUT2D eigenvalue weighted by atomic mass is 16.4. The lowest BCUT2D eigenvalue weighted by Crippen LogP contribution is -2.47. The van der Waals surface area contributed by atoms with Gasteiger partial charge in [-0.05, 0) is 12.1 Å². The third-order valence-electron chi connectivity index (χ3n) is 3.10. The van der Waals surface area contributed by atoms with E-state index in [0.29, 0.717) is 12.3 Å². The highest BCUT2D eigenvalue weighted by molar-refractivity contribution is 5.84. The fraction of sp³-hybridized carbons (Fsp3) is 0.462. The van der Waals surface area contributed by atoms with E-state index in [1.165, 1.54) is 6.08 Å². The molecule has 0 bridgehead atoms. The molecule has 2 heterocycles. The highest BCUT2D eigenvalue weighted by Crippen LogP contribution is 2.20. The van der Waals surface area contributed by atoms with Gasteiger partial charge in [-0.2, -0.15) is 0 Å². The molecule has 1 fully saturated rings. The summed E-state index contributed by atoms with van der Waals surface area (Å²) in [7, 11) is 0. The van der Waals surface area contributed by atoms with Gasteiger partial charge in [-0.15, -0.1) is 0 Å². The Morgan fingerprint density at radius 1 is 1.32 bits per heavy atom. The number of β-amino-alcohol motifs (C(OH)–C–C–N with tert-alkyl or cyclic N) is 1. The van der Waals surface area contributed by atoms with Crippen LogP contribution in [0.5, 0.6) is 0 Å². The van der Waals surface area contributed by atoms with Crippen molar-refractivity contribution in [2.45, 2.75) is 0 Å². The number of carboxylic acids is 1. The molecule has 0 amide bonds. The first-order chi connectivity index (χ1) is 9.19. The van der Waals surface area contributed by atoms with Gasteiger partial charge < -0.3 is 19.5 Å². The first-order valence-electron chi connectivity index (χ1n) is 6.28. The molecule has 1 aliphatic heterocycles. The van der Waals surface area contributed by atoms with Gasteiger partial charge in [0.25, 0.3) is 0 Å². The molecule has 0 aliphatic carbocycles. The number of rotatable bonds is 5. The largest absolute Gasteiger partial charge is 0.478 e. The third-order valence-corrected chi connectivity index (χ3v) is 3.10. The fourth-order valence-electron chi connectivity index (χ4n) is 2.09. The zero-order valence-corrected chi connectivity index (χ0v) is 10.7. The Morgan fingerprint density at radius 2 is 2.05 bits per heavy atom. The van der Waals surface area contributed by atoms with Crippen molar-refractivity contribution in [1.29, 1.82) is 0 Å². The number of piperazine rings is 1. The van der Waals surface area contributed by atoms with Crippen LogP contribution < -0.4 is 4.90 Å². The number of carboxylic acid groups (broad SMARTS) is 1. The second kappa shape index (κ2) is 6.40. The van der Waals surface area contributed by atoms with E-state index in [-0.39, 0.29) is 6.61 Å². The minimum Gasteiger partial charge on any atom is -0.478 e. The lowest BCUT2D eigenvalue weighted by Gasteiger charge is -2.34. The molecule has 19 heavy (non-hydrogen) atoms. The maximum absolute atomic E-state index is 10.4. The average Bonchev–Trinajstić information content (AvgIpc) is 2.86. The standard InChI is InChI=1S/C13H18N2O4/c16-10-9-14-5-7-15(8-6-14)12-3-1-11(19-12)2-4-13(17)18/h1-4,16H,5-10H2,(H,17,18)/b4-2+. The van der Waals surface area contributed by atoms with Crippen molar-refractivity contribution in [1.82, 2.24) is 4.90 Å². The molecule has 6 nitrogen and oxygen atoms in total. The molecule has 0 radical (unpaired) electrons. The highest BCUT2D eigenvalue weighted by Gasteiger charge is 2.18. The molecule has 0 aromatic carbocycles. The smallest absolute Gasteiger partial charge is 0.328 e. The van der Waals surface area contributed by atoms with E-state index in [4.69, 9.17) is 14.6 Å². The van der Waals surface area contributed by atoms with Crippen LogP contribution in [0.25, 0.3) is 6.08 Å². The zero-order valence-electron chi connectivity index (χ0n) is 10.7. The van der Waals surface area contributed by atoms with Crippen LogP contribution in [-0.4, -0.2) is 60.4 Å². The van der Waals surface area contributed by atoms with Crippen molar-refractivity contribution in [3.8, 4) is 0 Å². The van der Waals surface area contributed by atoms with Crippen LogP contribution in [0.2, 0.25) is 0 Å². The molecule has 104 valence electrons. The predicted molar refractivity (Wildman–Crippen MR) is 71.1 cm³/mol. The molecule has 0 unspecified atom stereocenters. The summed E-state index contributed by atoms with van der Waals surface area (Å²) in [5.74, 6) is 0.305. The second-order valence-corrected chi connectivity index (χ2v) is 4.40. The molecule has 1 aromatic rings. The lowest BCUT2D eigenvalue weighted by molar-refractivity contribution is -0.131. The van der Waals surface area contributed by atoms with E-state index in [9.17, 15) is 4.79 Å². The minimum atomic E-state index is -0.990. The van der Waals surface area contributed by atoms with Crippen molar-refractivity contribution in [2.75, 3.05) is 44.2 Å². The predicted octanol–water partition coefficient (Wildman–Crippen LogP) is 0.492. The molecule has 6 heteroatoms. The number of furan rings is 1. The van der Waals surface area contributed by atoms with Gasteiger partial charge in [0.15, 0.2) is 5.88 Å². The van der Waals surface area contributed by atoms with E-state index in [0.717, 1.165) is 38.1 Å². The number of hydrogen-bond donors (Lipinski definition) is 2. The molecule has 1 aliphatic rings. The van der Waals surface area contributed by atoms with Crippen LogP contribution in [0.1, 0.15) is 5.76 Å². The Bertz CT molecular complexity index is 447. The SMILES string of the molecule is O=C(O)/C=C/c1ccc(N2CCN(CCO)CC2)o1. The summed E-state index contributed by atoms with van der Waals surface area (Å²) in [5, 5.41) is 17.4. The summed E-state index contributed by atoms with van der Waals surface area (Å²) in [6.45, 7) is 4.36. The maximum Gasteiger partial charge on any atom is 0.328 e. The molecule has 1 aromatic heterocycles. The molecule has 2 rings (SSSR count). The Hall–Kier alpha value is -1.79. The number of nitrogens with zero attached hydrogens (tertiary/aromatic N) is 2. The van der Waals surface area contributed by atoms with Crippen LogP contribution in [0.4, 0.5) is 5.88 Å². The van der Waals surface area contributed by atoms with Crippen molar-refractivity contribution in [2.24, 2.45) is 0 Å². The van der Waals surface area contributed by atoms with E-state index in [1.54, 1.807) is 6.07 Å². The monoisotopic (exact) mass is 266 g/mol. The van der Waals surface area contributed by atoms with Gasteiger partial charge in [0.05, 0.1) is 6.61 Å². The van der Waals surface area contributed by atoms with Crippen molar-refractivity contribution in [3.05, 3.63) is 24.0 Å². The third kappa shape index (κ3) is 3.84. The van der Waals surface area contributed by atoms with Gasteiger partial charge in [0, 0.05) is 44.9 Å². The van der Waals surface area contributed by atoms with Gasteiger partial charge in [-0.3, -0.25) is 4.90 Å². The van der Waals surface area contributed by atoms with Crippen LogP contribution >= 0.6 is 0 Å². The van der Waals surface area contributed by atoms with Gasteiger partial charge in [0.1, 0.15) is 5.76 Å². The summed E-state index contributed by atoms with van der Waals surface area (Å²) >= 11 is 0. The first kappa shape index (κ1) is 13.6. The van der Waals surface area contributed by atoms with Crippen LogP contribution in [0.3, 0.4) is 0 Å². The van der Waals surface area contributed by atoms with Crippen LogP contribution in [0.15, 0.2) is 22.6 Å². The van der Waals surface area contributed by atoms with Crippen LogP contribution in [0, 0.1) is 0 Å². The fourth-order valence-corrected chi connectivity index (χ4v) is 2.09.